The van der Waals surface area contributed by atoms with Crippen LogP contribution in [0.3, 0.4) is 0 Å². The van der Waals surface area contributed by atoms with Crippen LogP contribution in [0.4, 0.5) is 0 Å². The Labute approximate surface area is 152 Å². The number of H-pyrrole nitrogens is 1. The quantitative estimate of drug-likeness (QED) is 0.445. The van der Waals surface area contributed by atoms with E-state index in [1.807, 2.05) is 0 Å². The molecule has 0 bridgehead atoms. The van der Waals surface area contributed by atoms with Crippen molar-refractivity contribution < 1.29 is 14.3 Å². The summed E-state index contributed by atoms with van der Waals surface area (Å²) >= 11 is 1.24. The van der Waals surface area contributed by atoms with Gasteiger partial charge in [0.25, 0.3) is 0 Å². The van der Waals surface area contributed by atoms with Crippen molar-refractivity contribution in [3.63, 3.8) is 0 Å². The molecule has 2 heterocycles. The largest absolute Gasteiger partial charge is 0.380 e. The van der Waals surface area contributed by atoms with Crippen LogP contribution in [0.5, 0.6) is 0 Å². The molecule has 1 aliphatic heterocycles. The molecular formula is C16H28N4O4S. The minimum Gasteiger partial charge on any atom is -0.380 e. The van der Waals surface area contributed by atoms with Crippen molar-refractivity contribution in [1.29, 1.82) is 0 Å². The fourth-order valence-corrected chi connectivity index (χ4v) is 3.22. The lowest BCUT2D eigenvalue weighted by Crippen LogP contribution is -2.29. The third-order valence-corrected chi connectivity index (χ3v) is 4.85. The number of ether oxygens (including phenoxy) is 2. The molecule has 9 heteroatoms. The molecule has 1 aliphatic rings. The van der Waals surface area contributed by atoms with E-state index >= 15 is 0 Å². The summed E-state index contributed by atoms with van der Waals surface area (Å²) in [6.07, 6.45) is 3.03. The van der Waals surface area contributed by atoms with Gasteiger partial charge in [-0.3, -0.25) is 9.36 Å². The van der Waals surface area contributed by atoms with Gasteiger partial charge < -0.3 is 14.8 Å². The average molecular weight is 372 g/mol. The highest BCUT2D eigenvalue weighted by atomic mass is 32.2. The molecule has 1 aromatic heterocycles. The van der Waals surface area contributed by atoms with Crippen LogP contribution in [0, 0.1) is 5.92 Å². The number of amides is 1. The van der Waals surface area contributed by atoms with Gasteiger partial charge in [-0.1, -0.05) is 25.6 Å². The summed E-state index contributed by atoms with van der Waals surface area (Å²) < 4.78 is 12.6. The van der Waals surface area contributed by atoms with Gasteiger partial charge in [0.2, 0.25) is 5.91 Å². The summed E-state index contributed by atoms with van der Waals surface area (Å²) in [6, 6.07) is 0. The van der Waals surface area contributed by atoms with E-state index in [0.717, 1.165) is 25.9 Å². The van der Waals surface area contributed by atoms with E-state index in [1.54, 1.807) is 4.57 Å². The van der Waals surface area contributed by atoms with E-state index in [1.165, 1.54) is 11.8 Å². The van der Waals surface area contributed by atoms with Crippen LogP contribution < -0.4 is 11.0 Å². The lowest BCUT2D eigenvalue weighted by atomic mass is 10.1. The van der Waals surface area contributed by atoms with E-state index in [-0.39, 0.29) is 23.5 Å². The SMILES string of the molecule is CC(C)CCOCCNC(=O)CSc1n[nH]c(=O)n1CC1CCCO1. The second kappa shape index (κ2) is 10.6. The van der Waals surface area contributed by atoms with Crippen molar-refractivity contribution in [3.8, 4) is 0 Å². The fourth-order valence-electron chi connectivity index (χ4n) is 2.43. The normalized spacial score (nSPS) is 17.3. The summed E-state index contributed by atoms with van der Waals surface area (Å²) in [5.41, 5.74) is -0.267. The number of nitrogens with one attached hydrogen (secondary N) is 2. The van der Waals surface area contributed by atoms with E-state index < -0.39 is 0 Å². The monoisotopic (exact) mass is 372 g/mol. The first kappa shape index (κ1) is 20.0. The molecule has 25 heavy (non-hydrogen) atoms. The third-order valence-electron chi connectivity index (χ3n) is 3.87. The van der Waals surface area contributed by atoms with Crippen LogP contribution in [0.2, 0.25) is 0 Å². The molecule has 1 aromatic rings. The molecule has 8 nitrogen and oxygen atoms in total. The maximum Gasteiger partial charge on any atom is 0.344 e. The maximum absolute atomic E-state index is 11.9. The Morgan fingerprint density at radius 3 is 3.08 bits per heavy atom. The van der Waals surface area contributed by atoms with Gasteiger partial charge in [-0.15, -0.1) is 5.10 Å². The summed E-state index contributed by atoms with van der Waals surface area (Å²) in [6.45, 7) is 7.22. The standard InChI is InChI=1S/C16H28N4O4S/c1-12(2)5-8-23-9-6-17-14(21)11-25-16-19-18-15(22)20(16)10-13-4-3-7-24-13/h12-13H,3-11H2,1-2H3,(H,17,21)(H,18,22). The molecule has 0 aromatic carbocycles. The van der Waals surface area contributed by atoms with Crippen LogP contribution in [0.25, 0.3) is 0 Å². The molecule has 142 valence electrons. The highest BCUT2D eigenvalue weighted by molar-refractivity contribution is 7.99. The number of rotatable bonds is 11. The highest BCUT2D eigenvalue weighted by Crippen LogP contribution is 2.17. The third kappa shape index (κ3) is 7.21. The van der Waals surface area contributed by atoms with E-state index in [2.05, 4.69) is 29.4 Å². The van der Waals surface area contributed by atoms with Gasteiger partial charge in [-0.05, 0) is 25.2 Å². The predicted octanol–water partition coefficient (Wildman–Crippen LogP) is 1.02. The second-order valence-corrected chi connectivity index (χ2v) is 7.43. The first-order chi connectivity index (χ1) is 12.1. The number of thioether (sulfide) groups is 1. The van der Waals surface area contributed by atoms with Crippen molar-refractivity contribution in [2.45, 2.75) is 50.9 Å². The van der Waals surface area contributed by atoms with Crippen LogP contribution in [-0.4, -0.2) is 58.9 Å². The Morgan fingerprint density at radius 1 is 1.52 bits per heavy atom. The molecule has 0 radical (unpaired) electrons. The van der Waals surface area contributed by atoms with Gasteiger partial charge in [-0.25, -0.2) is 9.89 Å². The van der Waals surface area contributed by atoms with Gasteiger partial charge in [0.1, 0.15) is 0 Å². The summed E-state index contributed by atoms with van der Waals surface area (Å²) in [7, 11) is 0. The Bertz CT molecular complexity index is 581. The lowest BCUT2D eigenvalue weighted by Gasteiger charge is -2.11. The molecule has 1 fully saturated rings. The van der Waals surface area contributed by atoms with Crippen LogP contribution in [-0.2, 0) is 20.8 Å². The molecule has 1 amide bonds. The molecule has 0 spiro atoms. The zero-order valence-electron chi connectivity index (χ0n) is 15.0. The zero-order chi connectivity index (χ0) is 18.1. The molecular weight excluding hydrogens is 344 g/mol. The van der Waals surface area contributed by atoms with Gasteiger partial charge in [0, 0.05) is 19.8 Å². The number of carbonyl (C=O) groups is 1. The first-order valence-electron chi connectivity index (χ1n) is 8.80. The molecule has 0 saturated carbocycles. The average Bonchev–Trinajstić information content (AvgIpc) is 3.20. The van der Waals surface area contributed by atoms with Gasteiger partial charge in [-0.2, -0.15) is 0 Å². The van der Waals surface area contributed by atoms with Gasteiger partial charge in [0.05, 0.1) is 25.0 Å². The number of carbonyl (C=O) groups excluding carboxylic acids is 1. The van der Waals surface area contributed by atoms with Crippen molar-refractivity contribution in [2.75, 3.05) is 32.1 Å². The molecule has 1 saturated heterocycles. The van der Waals surface area contributed by atoms with Crippen LogP contribution in [0.1, 0.15) is 33.1 Å². The minimum absolute atomic E-state index is 0.0477. The summed E-state index contributed by atoms with van der Waals surface area (Å²) in [4.78, 5) is 23.7. The summed E-state index contributed by atoms with van der Waals surface area (Å²) in [5, 5.41) is 9.76. The Hall–Kier alpha value is -1.32. The van der Waals surface area contributed by atoms with Crippen molar-refractivity contribution >= 4 is 17.7 Å². The smallest absolute Gasteiger partial charge is 0.344 e. The number of nitrogens with zero attached hydrogens (tertiary/aromatic N) is 2. The Balaban J connectivity index is 1.66. The molecule has 2 rings (SSSR count). The minimum atomic E-state index is -0.267. The van der Waals surface area contributed by atoms with Crippen molar-refractivity contribution in [3.05, 3.63) is 10.5 Å². The van der Waals surface area contributed by atoms with Gasteiger partial charge >= 0.3 is 5.69 Å². The lowest BCUT2D eigenvalue weighted by molar-refractivity contribution is -0.118. The zero-order valence-corrected chi connectivity index (χ0v) is 15.8. The summed E-state index contributed by atoms with van der Waals surface area (Å²) in [5.74, 6) is 0.727. The maximum atomic E-state index is 11.9. The molecule has 1 atom stereocenters. The van der Waals surface area contributed by atoms with Crippen molar-refractivity contribution in [1.82, 2.24) is 20.1 Å². The van der Waals surface area contributed by atoms with Crippen LogP contribution >= 0.6 is 11.8 Å². The molecule has 2 N–H and O–H groups in total. The Morgan fingerprint density at radius 2 is 2.36 bits per heavy atom. The van der Waals surface area contributed by atoms with E-state index in [0.29, 0.717) is 37.4 Å². The van der Waals surface area contributed by atoms with E-state index in [4.69, 9.17) is 9.47 Å². The fraction of sp³-hybridized carbons (Fsp3) is 0.812. The highest BCUT2D eigenvalue weighted by Gasteiger charge is 2.20. The number of hydrogen-bond acceptors (Lipinski definition) is 6. The van der Waals surface area contributed by atoms with Crippen LogP contribution in [0.15, 0.2) is 9.95 Å². The number of aromatic nitrogens is 3. The topological polar surface area (TPSA) is 98.2 Å². The van der Waals surface area contributed by atoms with Crippen molar-refractivity contribution in [2.24, 2.45) is 5.92 Å². The van der Waals surface area contributed by atoms with Gasteiger partial charge in [0.15, 0.2) is 5.16 Å². The predicted molar refractivity (Wildman–Crippen MR) is 95.8 cm³/mol. The number of aromatic amines is 1. The number of hydrogen-bond donors (Lipinski definition) is 2. The molecule has 1 unspecified atom stereocenters. The molecule has 0 aliphatic carbocycles. The second-order valence-electron chi connectivity index (χ2n) is 6.49. The first-order valence-corrected chi connectivity index (χ1v) is 9.79. The Kier molecular flexibility index (Phi) is 8.50. The van der Waals surface area contributed by atoms with E-state index in [9.17, 15) is 9.59 Å².